The number of H-pyrrole nitrogens is 1. The molecule has 4 rings (SSSR count). The molecule has 4 aromatic rings. The standard InChI is InChI=1S/C17H19N7S/c1-3-18-5-12-4-15(25-10-12)23-16-17-19-8-14(13-6-20-21-7-13)24(17)9-11(2)22-16/h4,6-10,18H,3,5H2,1-2H3,(H,20,21)(H,22,23). The van der Waals surface area contributed by atoms with Crippen LogP contribution in [0.4, 0.5) is 10.8 Å². The van der Waals surface area contributed by atoms with Gasteiger partial charge in [-0.1, -0.05) is 6.92 Å². The number of nitrogens with one attached hydrogen (secondary N) is 3. The lowest BCUT2D eigenvalue weighted by Gasteiger charge is -2.07. The zero-order valence-corrected chi connectivity index (χ0v) is 14.9. The second-order valence-corrected chi connectivity index (χ2v) is 6.69. The predicted octanol–water partition coefficient (Wildman–Crippen LogP) is 3.34. The number of anilines is 2. The molecule has 0 unspecified atom stereocenters. The Bertz CT molecular complexity index is 984. The molecule has 0 atom stereocenters. The summed E-state index contributed by atoms with van der Waals surface area (Å²) < 4.78 is 2.04. The topological polar surface area (TPSA) is 82.9 Å². The maximum atomic E-state index is 4.64. The Morgan fingerprint density at radius 2 is 2.24 bits per heavy atom. The van der Waals surface area contributed by atoms with Crippen molar-refractivity contribution in [3.05, 3.63) is 47.5 Å². The summed E-state index contributed by atoms with van der Waals surface area (Å²) in [5, 5.41) is 16.8. The van der Waals surface area contributed by atoms with Crippen LogP contribution < -0.4 is 10.6 Å². The van der Waals surface area contributed by atoms with Gasteiger partial charge < -0.3 is 10.6 Å². The molecule has 128 valence electrons. The maximum Gasteiger partial charge on any atom is 0.180 e. The Kier molecular flexibility index (Phi) is 4.21. The molecule has 8 heteroatoms. The van der Waals surface area contributed by atoms with Gasteiger partial charge in [0.25, 0.3) is 0 Å². The molecule has 0 saturated heterocycles. The molecule has 0 radical (unpaired) electrons. The summed E-state index contributed by atoms with van der Waals surface area (Å²) in [5.41, 5.74) is 4.95. The minimum absolute atomic E-state index is 0.756. The van der Waals surface area contributed by atoms with Gasteiger partial charge in [-0.15, -0.1) is 11.3 Å². The van der Waals surface area contributed by atoms with Crippen molar-refractivity contribution in [2.75, 3.05) is 11.9 Å². The number of thiophene rings is 1. The molecule has 0 aliphatic heterocycles. The van der Waals surface area contributed by atoms with Crippen molar-refractivity contribution in [1.29, 1.82) is 0 Å². The van der Waals surface area contributed by atoms with E-state index in [1.165, 1.54) is 5.56 Å². The fraction of sp³-hybridized carbons (Fsp3) is 0.235. The van der Waals surface area contributed by atoms with Crippen LogP contribution in [-0.2, 0) is 6.54 Å². The Labute approximate surface area is 149 Å². The molecule has 4 aromatic heterocycles. The average molecular weight is 353 g/mol. The fourth-order valence-corrected chi connectivity index (χ4v) is 3.52. The molecule has 0 spiro atoms. The molecule has 25 heavy (non-hydrogen) atoms. The summed E-state index contributed by atoms with van der Waals surface area (Å²) >= 11 is 1.67. The summed E-state index contributed by atoms with van der Waals surface area (Å²) in [5.74, 6) is 0.756. The van der Waals surface area contributed by atoms with Crippen LogP contribution in [0.1, 0.15) is 18.2 Å². The van der Waals surface area contributed by atoms with Gasteiger partial charge >= 0.3 is 0 Å². The predicted molar refractivity (Wildman–Crippen MR) is 100 cm³/mol. The van der Waals surface area contributed by atoms with Gasteiger partial charge in [0.15, 0.2) is 11.5 Å². The number of aromatic nitrogens is 5. The zero-order valence-electron chi connectivity index (χ0n) is 14.1. The summed E-state index contributed by atoms with van der Waals surface area (Å²) in [7, 11) is 0. The van der Waals surface area contributed by atoms with Crippen LogP contribution in [0.15, 0.2) is 36.2 Å². The largest absolute Gasteiger partial charge is 0.329 e. The van der Waals surface area contributed by atoms with Crippen LogP contribution in [0, 0.1) is 6.92 Å². The van der Waals surface area contributed by atoms with Crippen molar-refractivity contribution in [2.45, 2.75) is 20.4 Å². The number of nitrogens with zero attached hydrogens (tertiary/aromatic N) is 4. The van der Waals surface area contributed by atoms with E-state index in [4.69, 9.17) is 0 Å². The number of aryl methyl sites for hydroxylation is 1. The summed E-state index contributed by atoms with van der Waals surface area (Å²) in [4.78, 5) is 9.19. The van der Waals surface area contributed by atoms with Gasteiger partial charge in [0, 0.05) is 24.5 Å². The smallest absolute Gasteiger partial charge is 0.180 e. The molecule has 0 fully saturated rings. The van der Waals surface area contributed by atoms with Gasteiger partial charge in [0.1, 0.15) is 0 Å². The fourth-order valence-electron chi connectivity index (χ4n) is 2.72. The molecular formula is C17H19N7S. The zero-order chi connectivity index (χ0) is 17.2. The highest BCUT2D eigenvalue weighted by Crippen LogP contribution is 2.28. The van der Waals surface area contributed by atoms with E-state index < -0.39 is 0 Å². The Balaban J connectivity index is 1.69. The SMILES string of the molecule is CCNCc1csc(Nc2nc(C)cn3c(-c4cn[nH]c4)cnc23)c1. The van der Waals surface area contributed by atoms with Gasteiger partial charge in [-0.05, 0) is 30.5 Å². The molecule has 3 N–H and O–H groups in total. The third-order valence-electron chi connectivity index (χ3n) is 3.88. The number of fused-ring (bicyclic) bond motifs is 1. The van der Waals surface area contributed by atoms with E-state index >= 15 is 0 Å². The number of hydrogen-bond acceptors (Lipinski definition) is 6. The monoisotopic (exact) mass is 353 g/mol. The van der Waals surface area contributed by atoms with E-state index in [1.54, 1.807) is 17.5 Å². The quantitative estimate of drug-likeness (QED) is 0.495. The first-order chi connectivity index (χ1) is 12.2. The van der Waals surface area contributed by atoms with E-state index in [1.807, 2.05) is 29.9 Å². The molecule has 4 heterocycles. The molecule has 0 aliphatic carbocycles. The van der Waals surface area contributed by atoms with Gasteiger partial charge in [0.05, 0.1) is 28.8 Å². The maximum absolute atomic E-state index is 4.64. The van der Waals surface area contributed by atoms with E-state index in [0.29, 0.717) is 0 Å². The molecule has 0 amide bonds. The molecule has 0 aromatic carbocycles. The van der Waals surface area contributed by atoms with E-state index in [9.17, 15) is 0 Å². The number of imidazole rings is 1. The first kappa shape index (κ1) is 15.8. The van der Waals surface area contributed by atoms with Gasteiger partial charge in [-0.3, -0.25) is 9.50 Å². The summed E-state index contributed by atoms with van der Waals surface area (Å²) in [6, 6.07) is 2.15. The van der Waals surface area contributed by atoms with Crippen molar-refractivity contribution in [1.82, 2.24) is 29.9 Å². The van der Waals surface area contributed by atoms with Gasteiger partial charge in [-0.25, -0.2) is 9.97 Å². The second-order valence-electron chi connectivity index (χ2n) is 5.78. The Hall–Kier alpha value is -2.71. The second kappa shape index (κ2) is 6.66. The third-order valence-corrected chi connectivity index (χ3v) is 4.78. The first-order valence-corrected chi connectivity index (χ1v) is 9.01. The lowest BCUT2D eigenvalue weighted by Crippen LogP contribution is -2.10. The van der Waals surface area contributed by atoms with Crippen molar-refractivity contribution in [3.63, 3.8) is 0 Å². The Morgan fingerprint density at radius 1 is 1.32 bits per heavy atom. The van der Waals surface area contributed by atoms with Crippen molar-refractivity contribution < 1.29 is 0 Å². The van der Waals surface area contributed by atoms with Crippen molar-refractivity contribution >= 4 is 27.8 Å². The highest BCUT2D eigenvalue weighted by atomic mass is 32.1. The first-order valence-electron chi connectivity index (χ1n) is 8.13. The molecular weight excluding hydrogens is 334 g/mol. The molecule has 7 nitrogen and oxygen atoms in total. The Morgan fingerprint density at radius 3 is 3.04 bits per heavy atom. The highest BCUT2D eigenvalue weighted by Gasteiger charge is 2.13. The van der Waals surface area contributed by atoms with Crippen LogP contribution in [-0.4, -0.2) is 31.1 Å². The number of hydrogen-bond donors (Lipinski definition) is 3. The van der Waals surface area contributed by atoms with Crippen LogP contribution in [0.2, 0.25) is 0 Å². The number of rotatable bonds is 6. The van der Waals surface area contributed by atoms with Crippen LogP contribution in [0.3, 0.4) is 0 Å². The molecule has 0 bridgehead atoms. The summed E-state index contributed by atoms with van der Waals surface area (Å²) in [6.07, 6.45) is 7.48. The van der Waals surface area contributed by atoms with Gasteiger partial charge in [0.2, 0.25) is 0 Å². The minimum atomic E-state index is 0.756. The molecule has 0 aliphatic rings. The van der Waals surface area contributed by atoms with Crippen LogP contribution in [0.5, 0.6) is 0 Å². The van der Waals surface area contributed by atoms with E-state index in [2.05, 4.69) is 49.2 Å². The highest BCUT2D eigenvalue weighted by molar-refractivity contribution is 7.14. The lowest BCUT2D eigenvalue weighted by atomic mass is 10.3. The van der Waals surface area contributed by atoms with E-state index in [0.717, 1.165) is 46.5 Å². The minimum Gasteiger partial charge on any atom is -0.329 e. The number of aromatic amines is 1. The lowest BCUT2D eigenvalue weighted by molar-refractivity contribution is 0.729. The molecule has 0 saturated carbocycles. The van der Waals surface area contributed by atoms with Crippen molar-refractivity contribution in [3.8, 4) is 11.3 Å². The van der Waals surface area contributed by atoms with Crippen LogP contribution in [0.25, 0.3) is 16.9 Å². The average Bonchev–Trinajstić information content (AvgIpc) is 3.33. The normalized spacial score (nSPS) is 11.3. The summed E-state index contributed by atoms with van der Waals surface area (Å²) in [6.45, 7) is 5.92. The van der Waals surface area contributed by atoms with Crippen molar-refractivity contribution in [2.24, 2.45) is 0 Å². The van der Waals surface area contributed by atoms with Crippen LogP contribution >= 0.6 is 11.3 Å². The third kappa shape index (κ3) is 3.13. The van der Waals surface area contributed by atoms with E-state index in [-0.39, 0.29) is 0 Å². The van der Waals surface area contributed by atoms with Gasteiger partial charge in [-0.2, -0.15) is 5.10 Å².